The van der Waals surface area contributed by atoms with E-state index in [1.165, 1.54) is 18.7 Å². The van der Waals surface area contributed by atoms with E-state index in [2.05, 4.69) is 31.9 Å². The molecule has 0 spiro atoms. The molecule has 1 aromatic carbocycles. The van der Waals surface area contributed by atoms with Gasteiger partial charge in [-0.1, -0.05) is 6.58 Å². The minimum Gasteiger partial charge on any atom is -0.457 e. The van der Waals surface area contributed by atoms with Crippen molar-refractivity contribution in [3.8, 4) is 11.5 Å². The smallest absolute Gasteiger partial charge is 0.246 e. The number of aryl methyl sites for hydroxylation is 1. The summed E-state index contributed by atoms with van der Waals surface area (Å²) >= 11 is 0. The number of nitrogens with zero attached hydrogens (tertiary/aromatic N) is 7. The van der Waals surface area contributed by atoms with Crippen molar-refractivity contribution in [2.75, 3.05) is 18.4 Å². The largest absolute Gasteiger partial charge is 0.457 e. The van der Waals surface area contributed by atoms with Gasteiger partial charge in [-0.15, -0.1) is 0 Å². The van der Waals surface area contributed by atoms with Crippen molar-refractivity contribution in [3.05, 3.63) is 90.8 Å². The van der Waals surface area contributed by atoms with Gasteiger partial charge in [0.15, 0.2) is 11.5 Å². The lowest BCUT2D eigenvalue weighted by Gasteiger charge is -2.28. The average molecular weight is 519 g/mol. The Bertz CT molecular complexity index is 1770. The maximum atomic E-state index is 12.1. The highest BCUT2D eigenvalue weighted by Crippen LogP contribution is 2.31. The van der Waals surface area contributed by atoms with E-state index in [0.29, 0.717) is 35.8 Å². The number of benzene rings is 1. The van der Waals surface area contributed by atoms with Crippen molar-refractivity contribution < 1.29 is 9.53 Å². The number of carbonyl (C=O) groups is 1. The van der Waals surface area contributed by atoms with E-state index in [-0.39, 0.29) is 5.91 Å². The van der Waals surface area contributed by atoms with E-state index in [0.717, 1.165) is 45.8 Å². The van der Waals surface area contributed by atoms with Crippen molar-refractivity contribution >= 4 is 39.7 Å². The molecule has 39 heavy (non-hydrogen) atoms. The number of carbonyl (C=O) groups excluding carboxylic acids is 1. The number of rotatable bonds is 6. The van der Waals surface area contributed by atoms with Crippen molar-refractivity contribution in [3.63, 3.8) is 0 Å². The summed E-state index contributed by atoms with van der Waals surface area (Å²) in [7, 11) is 0. The number of hydrogen-bond donors (Lipinski definition) is 1. The van der Waals surface area contributed by atoms with E-state index in [1.54, 1.807) is 9.42 Å². The first-order valence-electron chi connectivity index (χ1n) is 12.6. The lowest BCUT2D eigenvalue weighted by Crippen LogP contribution is -2.35. The molecule has 0 saturated carbocycles. The first-order chi connectivity index (χ1) is 19.0. The van der Waals surface area contributed by atoms with Gasteiger partial charge in [0.2, 0.25) is 5.91 Å². The molecule has 0 radical (unpaired) electrons. The number of aromatic nitrogens is 6. The number of fused-ring (bicyclic) bond motifs is 2. The third-order valence-electron chi connectivity index (χ3n) is 6.77. The second-order valence-electron chi connectivity index (χ2n) is 9.39. The van der Waals surface area contributed by atoms with Gasteiger partial charge in [-0.2, -0.15) is 5.10 Å². The lowest BCUT2D eigenvalue weighted by molar-refractivity contribution is -0.125. The van der Waals surface area contributed by atoms with Crippen LogP contribution >= 0.6 is 0 Å². The molecular weight excluding hydrogens is 492 g/mol. The minimum atomic E-state index is -0.0529. The van der Waals surface area contributed by atoms with Crippen LogP contribution in [-0.4, -0.2) is 53.4 Å². The fourth-order valence-electron chi connectivity index (χ4n) is 4.75. The molecule has 0 unspecified atom stereocenters. The van der Waals surface area contributed by atoms with Gasteiger partial charge in [0.1, 0.15) is 29.7 Å². The Labute approximate surface area is 224 Å². The lowest BCUT2D eigenvalue weighted by atomic mass is 9.97. The van der Waals surface area contributed by atoms with E-state index in [4.69, 9.17) is 9.72 Å². The summed E-state index contributed by atoms with van der Waals surface area (Å²) in [4.78, 5) is 31.9. The van der Waals surface area contributed by atoms with Gasteiger partial charge < -0.3 is 15.0 Å². The second kappa shape index (κ2) is 9.97. The van der Waals surface area contributed by atoms with Crippen LogP contribution in [0.5, 0.6) is 11.5 Å². The summed E-state index contributed by atoms with van der Waals surface area (Å²) in [5.41, 5.74) is 7.07. The normalized spacial score (nSPS) is 13.6. The molecule has 1 N–H and O–H groups in total. The van der Waals surface area contributed by atoms with Crippen LogP contribution in [0.3, 0.4) is 0 Å². The fraction of sp³-hybridized carbons (Fsp3) is 0.172. The molecule has 1 aliphatic rings. The Morgan fingerprint density at radius 3 is 2.79 bits per heavy atom. The Morgan fingerprint density at radius 2 is 1.97 bits per heavy atom. The number of amides is 1. The number of hydrogen-bond acceptors (Lipinski definition) is 8. The predicted octanol–water partition coefficient (Wildman–Crippen LogP) is 5.10. The van der Waals surface area contributed by atoms with Crippen LogP contribution in [0, 0.1) is 6.92 Å². The first kappa shape index (κ1) is 24.2. The summed E-state index contributed by atoms with van der Waals surface area (Å²) in [6, 6.07) is 13.5. The molecule has 6 rings (SSSR count). The molecule has 10 nitrogen and oxygen atoms in total. The zero-order valence-corrected chi connectivity index (χ0v) is 21.6. The van der Waals surface area contributed by atoms with Gasteiger partial charge in [0, 0.05) is 31.0 Å². The molecule has 0 bridgehead atoms. The van der Waals surface area contributed by atoms with Gasteiger partial charge in [0.25, 0.3) is 0 Å². The van der Waals surface area contributed by atoms with Crippen LogP contribution in [0.2, 0.25) is 0 Å². The Hall–Kier alpha value is -5.12. The monoisotopic (exact) mass is 518 g/mol. The zero-order valence-electron chi connectivity index (χ0n) is 21.6. The van der Waals surface area contributed by atoms with Crippen LogP contribution in [0.25, 0.3) is 22.3 Å². The highest BCUT2D eigenvalue weighted by Gasteiger charge is 2.21. The highest BCUT2D eigenvalue weighted by atomic mass is 16.5. The predicted molar refractivity (Wildman–Crippen MR) is 149 cm³/mol. The van der Waals surface area contributed by atoms with Crippen LogP contribution in [0.15, 0.2) is 79.5 Å². The van der Waals surface area contributed by atoms with Gasteiger partial charge >= 0.3 is 0 Å². The van der Waals surface area contributed by atoms with E-state index in [9.17, 15) is 4.79 Å². The molecule has 0 atom stereocenters. The summed E-state index contributed by atoms with van der Waals surface area (Å²) in [5, 5.41) is 7.51. The van der Waals surface area contributed by atoms with Crippen molar-refractivity contribution in [2.45, 2.75) is 20.3 Å². The van der Waals surface area contributed by atoms with Crippen LogP contribution in [-0.2, 0) is 4.79 Å². The van der Waals surface area contributed by atoms with Gasteiger partial charge in [0.05, 0.1) is 11.2 Å². The van der Waals surface area contributed by atoms with Crippen molar-refractivity contribution in [1.82, 2.24) is 34.4 Å². The molecular formula is C29H26N8O2. The third-order valence-corrected chi connectivity index (χ3v) is 6.77. The molecule has 5 heterocycles. The number of pyridine rings is 2. The third kappa shape index (κ3) is 4.79. The summed E-state index contributed by atoms with van der Waals surface area (Å²) in [6.07, 6.45) is 6.94. The maximum Gasteiger partial charge on any atom is 0.246 e. The molecule has 0 saturated heterocycles. The Balaban J connectivity index is 1.25. The standard InChI is InChI=1S/C29H26N8O2/c1-4-27(38)36-11-10-22(19(3)15-36)23-6-7-24-28(35-23)29(32-16-30-24)34-20-5-8-25(18(2)13-20)39-21-9-12-37-26(14-21)31-17-33-37/h4-9,12-14,16-17H,1,10-11,15H2,2-3H3,(H,30,32,34). The molecule has 194 valence electrons. The van der Waals surface area contributed by atoms with Crippen molar-refractivity contribution in [1.29, 1.82) is 0 Å². The Kier molecular flexibility index (Phi) is 6.20. The zero-order chi connectivity index (χ0) is 26.9. The fourth-order valence-corrected chi connectivity index (χ4v) is 4.75. The molecule has 1 amide bonds. The van der Waals surface area contributed by atoms with E-state index in [1.807, 2.05) is 62.5 Å². The quantitative estimate of drug-likeness (QED) is 0.309. The molecule has 4 aromatic heterocycles. The molecule has 10 heteroatoms. The SMILES string of the molecule is C=CC(=O)N1CCC(c2ccc3ncnc(Nc4ccc(Oc5ccn6ncnc6c5)c(C)c4)c3n2)=C(C)C1. The minimum absolute atomic E-state index is 0.0529. The number of ether oxygens (including phenoxy) is 1. The highest BCUT2D eigenvalue weighted by molar-refractivity contribution is 5.90. The van der Waals surface area contributed by atoms with Crippen LogP contribution in [0.4, 0.5) is 11.5 Å². The first-order valence-corrected chi connectivity index (χ1v) is 12.6. The summed E-state index contributed by atoms with van der Waals surface area (Å²) < 4.78 is 7.79. The molecule has 1 aliphatic heterocycles. The number of anilines is 2. The Morgan fingerprint density at radius 1 is 1.08 bits per heavy atom. The number of nitrogens with one attached hydrogen (secondary N) is 1. The van der Waals surface area contributed by atoms with E-state index < -0.39 is 0 Å². The van der Waals surface area contributed by atoms with Gasteiger partial charge in [-0.25, -0.2) is 24.5 Å². The topological polar surface area (TPSA) is 110 Å². The molecule has 0 fully saturated rings. The second-order valence-corrected chi connectivity index (χ2v) is 9.39. The van der Waals surface area contributed by atoms with Gasteiger partial charge in [-0.3, -0.25) is 4.79 Å². The summed E-state index contributed by atoms with van der Waals surface area (Å²) in [6.45, 7) is 8.83. The maximum absolute atomic E-state index is 12.1. The van der Waals surface area contributed by atoms with Crippen LogP contribution in [0.1, 0.15) is 24.6 Å². The van der Waals surface area contributed by atoms with Crippen LogP contribution < -0.4 is 10.1 Å². The molecule has 0 aliphatic carbocycles. The van der Waals surface area contributed by atoms with Gasteiger partial charge in [-0.05, 0) is 79.5 Å². The van der Waals surface area contributed by atoms with E-state index >= 15 is 0 Å². The van der Waals surface area contributed by atoms with Crippen molar-refractivity contribution in [2.24, 2.45) is 0 Å². The average Bonchev–Trinajstić information content (AvgIpc) is 3.42. The summed E-state index contributed by atoms with van der Waals surface area (Å²) in [5.74, 6) is 1.98. The molecule has 5 aromatic rings.